The molecule has 2 heterocycles. The van der Waals surface area contributed by atoms with Crippen LogP contribution in [0.3, 0.4) is 0 Å². The molecule has 6 N–H and O–H groups in total. The van der Waals surface area contributed by atoms with Gasteiger partial charge in [0.1, 0.15) is 25.5 Å². The minimum Gasteiger partial charge on any atom is -0.462 e. The number of ether oxygens (including phenoxy) is 2. The highest BCUT2D eigenvalue weighted by molar-refractivity contribution is 6.02. The number of esters is 1. The fourth-order valence-electron chi connectivity index (χ4n) is 2.21. The molecule has 11 heteroatoms. The molecular formula is C14H24N6O5. The normalized spacial score (nSPS) is 24.6. The number of rotatable bonds is 8. The number of nitrogens with two attached hydrogens (primary N) is 2. The molecule has 0 aromatic carbocycles. The zero-order valence-corrected chi connectivity index (χ0v) is 14.2. The lowest BCUT2D eigenvalue weighted by Crippen LogP contribution is -2.54. The van der Waals surface area contributed by atoms with E-state index >= 15 is 0 Å². The van der Waals surface area contributed by atoms with Gasteiger partial charge in [0.15, 0.2) is 18.2 Å². The number of hydrogen-bond donors (Lipinski definition) is 4. The first kappa shape index (κ1) is 19.1. The molecule has 0 bridgehead atoms. The van der Waals surface area contributed by atoms with Gasteiger partial charge in [0.05, 0.1) is 12.9 Å². The summed E-state index contributed by atoms with van der Waals surface area (Å²) in [6, 6.07) is -1.42. The van der Waals surface area contributed by atoms with Crippen LogP contribution in [0.4, 0.5) is 0 Å². The molecule has 0 aromatic rings. The lowest BCUT2D eigenvalue weighted by Gasteiger charge is -2.28. The van der Waals surface area contributed by atoms with Crippen LogP contribution in [-0.4, -0.2) is 78.5 Å². The van der Waals surface area contributed by atoms with Gasteiger partial charge in [0.25, 0.3) is 5.91 Å². The maximum Gasteiger partial charge on any atom is 0.323 e. The third-order valence-electron chi connectivity index (χ3n) is 3.85. The second-order valence-electron chi connectivity index (χ2n) is 6.14. The molecule has 0 spiro atoms. The number of guanidine groups is 1. The topological polar surface area (TPSA) is 165 Å². The molecule has 2 aliphatic rings. The fourth-order valence-corrected chi connectivity index (χ4v) is 2.21. The molecule has 0 unspecified atom stereocenters. The molecule has 0 aromatic heterocycles. The summed E-state index contributed by atoms with van der Waals surface area (Å²) in [5, 5.41) is 11.8. The zero-order chi connectivity index (χ0) is 18.6. The average Bonchev–Trinajstić information content (AvgIpc) is 2.97. The van der Waals surface area contributed by atoms with Crippen molar-refractivity contribution in [3.8, 4) is 0 Å². The van der Waals surface area contributed by atoms with Crippen LogP contribution in [0.2, 0.25) is 0 Å². The van der Waals surface area contributed by atoms with Crippen molar-refractivity contribution in [2.45, 2.75) is 38.2 Å². The number of amides is 1. The van der Waals surface area contributed by atoms with Gasteiger partial charge in [-0.15, -0.1) is 0 Å². The van der Waals surface area contributed by atoms with Gasteiger partial charge in [-0.2, -0.15) is 0 Å². The van der Waals surface area contributed by atoms with Crippen LogP contribution in [0, 0.1) is 5.92 Å². The van der Waals surface area contributed by atoms with Gasteiger partial charge in [-0.1, -0.05) is 13.8 Å². The Labute approximate surface area is 145 Å². The summed E-state index contributed by atoms with van der Waals surface area (Å²) in [4.78, 5) is 33.2. The van der Waals surface area contributed by atoms with Crippen molar-refractivity contribution in [2.75, 3.05) is 19.9 Å². The van der Waals surface area contributed by atoms with Crippen molar-refractivity contribution in [1.82, 2.24) is 10.2 Å². The van der Waals surface area contributed by atoms with Crippen molar-refractivity contribution >= 4 is 24.2 Å². The van der Waals surface area contributed by atoms with Crippen LogP contribution in [0.5, 0.6) is 0 Å². The number of nitrogens with one attached hydrogen (secondary N) is 1. The first-order valence-corrected chi connectivity index (χ1v) is 7.91. The molecule has 25 heavy (non-hydrogen) atoms. The maximum absolute atomic E-state index is 11.8. The summed E-state index contributed by atoms with van der Waals surface area (Å²) in [5.41, 5.74) is 11.2. The van der Waals surface area contributed by atoms with Gasteiger partial charge in [-0.25, -0.2) is 4.99 Å². The van der Waals surface area contributed by atoms with Gasteiger partial charge in [0.2, 0.25) is 0 Å². The number of carbonyl (C=O) groups excluding carboxylic acids is 2. The maximum atomic E-state index is 11.8. The summed E-state index contributed by atoms with van der Waals surface area (Å²) >= 11 is 0. The smallest absolute Gasteiger partial charge is 0.323 e. The SMILES string of the molecule is CC(C)[C@H](N)C(=O)OC[C@H](CO)OCN1C=N[C@H]2C(=O)NC(N)=N[C@H]21. The van der Waals surface area contributed by atoms with Gasteiger partial charge >= 0.3 is 5.97 Å². The number of aliphatic hydroxyl groups excluding tert-OH is 1. The van der Waals surface area contributed by atoms with Crippen LogP contribution in [0.1, 0.15) is 13.8 Å². The Bertz CT molecular complexity index is 566. The van der Waals surface area contributed by atoms with E-state index in [0.717, 1.165) is 0 Å². The Balaban J connectivity index is 1.83. The lowest BCUT2D eigenvalue weighted by atomic mass is 10.1. The lowest BCUT2D eigenvalue weighted by molar-refractivity contribution is -0.153. The first-order valence-electron chi connectivity index (χ1n) is 7.91. The third kappa shape index (κ3) is 4.65. The van der Waals surface area contributed by atoms with Crippen LogP contribution < -0.4 is 16.8 Å². The summed E-state index contributed by atoms with van der Waals surface area (Å²) in [5.74, 6) is -0.940. The van der Waals surface area contributed by atoms with Crippen LogP contribution >= 0.6 is 0 Å². The number of aliphatic hydroxyl groups is 1. The van der Waals surface area contributed by atoms with Crippen LogP contribution in [0.15, 0.2) is 9.98 Å². The van der Waals surface area contributed by atoms with Crippen molar-refractivity contribution in [3.05, 3.63) is 0 Å². The quantitative estimate of drug-likeness (QED) is 0.342. The van der Waals surface area contributed by atoms with E-state index in [0.29, 0.717) is 0 Å². The van der Waals surface area contributed by atoms with E-state index < -0.39 is 30.3 Å². The molecule has 0 aliphatic carbocycles. The standard InChI is InChI=1S/C14H24N6O5/c1-7(2)9(15)13(23)24-4-8(3-21)25-6-20-5-17-10-11(20)18-14(16)19-12(10)22/h5,7-11,21H,3-4,6,15H2,1-2H3,(H3,16,18,19,22)/t8-,9-,10+,11-/m0/s1. The van der Waals surface area contributed by atoms with Crippen molar-refractivity contribution in [2.24, 2.45) is 27.4 Å². The number of carbonyl (C=O) groups is 2. The second kappa shape index (κ2) is 8.23. The van der Waals surface area contributed by atoms with Gasteiger partial charge in [0, 0.05) is 0 Å². The highest BCUT2D eigenvalue weighted by Crippen LogP contribution is 2.18. The summed E-state index contributed by atoms with van der Waals surface area (Å²) in [7, 11) is 0. The number of fused-ring (bicyclic) bond motifs is 1. The Kier molecular flexibility index (Phi) is 6.28. The molecule has 4 atom stereocenters. The number of hydrogen-bond acceptors (Lipinski definition) is 10. The largest absolute Gasteiger partial charge is 0.462 e. The minimum absolute atomic E-state index is 0.00621. The highest BCUT2D eigenvalue weighted by atomic mass is 16.6. The summed E-state index contributed by atoms with van der Waals surface area (Å²) in [6.45, 7) is 3.12. The number of aliphatic imine (C=N–C) groups is 2. The molecule has 2 rings (SSSR count). The molecule has 1 amide bonds. The van der Waals surface area contributed by atoms with Gasteiger partial charge in [-0.05, 0) is 5.92 Å². The van der Waals surface area contributed by atoms with Gasteiger partial charge < -0.3 is 30.9 Å². The van der Waals surface area contributed by atoms with Crippen molar-refractivity contribution in [1.29, 1.82) is 0 Å². The molecular weight excluding hydrogens is 332 g/mol. The van der Waals surface area contributed by atoms with E-state index in [2.05, 4.69) is 15.3 Å². The van der Waals surface area contributed by atoms with E-state index in [1.165, 1.54) is 6.34 Å². The Morgan fingerprint density at radius 2 is 2.24 bits per heavy atom. The Morgan fingerprint density at radius 3 is 2.88 bits per heavy atom. The third-order valence-corrected chi connectivity index (χ3v) is 3.85. The Hall–Kier alpha value is -2.24. The summed E-state index contributed by atoms with van der Waals surface area (Å²) in [6.07, 6.45) is 0.103. The molecule has 2 aliphatic heterocycles. The minimum atomic E-state index is -0.741. The van der Waals surface area contributed by atoms with Crippen LogP contribution in [-0.2, 0) is 19.1 Å². The van der Waals surface area contributed by atoms with Crippen molar-refractivity contribution < 1.29 is 24.2 Å². The molecule has 0 fully saturated rings. The van der Waals surface area contributed by atoms with Crippen molar-refractivity contribution in [3.63, 3.8) is 0 Å². The highest BCUT2D eigenvalue weighted by Gasteiger charge is 2.39. The monoisotopic (exact) mass is 356 g/mol. The molecule has 0 radical (unpaired) electrons. The van der Waals surface area contributed by atoms with E-state index in [1.54, 1.807) is 4.90 Å². The van der Waals surface area contributed by atoms with Crippen LogP contribution in [0.25, 0.3) is 0 Å². The Morgan fingerprint density at radius 1 is 1.52 bits per heavy atom. The molecule has 0 saturated heterocycles. The first-order chi connectivity index (χ1) is 11.8. The van der Waals surface area contributed by atoms with E-state index in [4.69, 9.17) is 20.9 Å². The molecule has 140 valence electrons. The fraction of sp³-hybridized carbons (Fsp3) is 0.714. The summed E-state index contributed by atoms with van der Waals surface area (Å²) < 4.78 is 10.6. The predicted molar refractivity (Wildman–Crippen MR) is 88.3 cm³/mol. The number of nitrogens with zero attached hydrogens (tertiary/aromatic N) is 3. The van der Waals surface area contributed by atoms with Gasteiger partial charge in [-0.3, -0.25) is 19.9 Å². The van der Waals surface area contributed by atoms with E-state index in [-0.39, 0.29) is 37.7 Å². The average molecular weight is 356 g/mol. The second-order valence-corrected chi connectivity index (χ2v) is 6.14. The van der Waals surface area contributed by atoms with E-state index in [9.17, 15) is 14.7 Å². The molecule has 11 nitrogen and oxygen atoms in total. The van der Waals surface area contributed by atoms with E-state index in [1.807, 2.05) is 13.8 Å². The zero-order valence-electron chi connectivity index (χ0n) is 14.2. The molecule has 0 saturated carbocycles. The predicted octanol–water partition coefficient (Wildman–Crippen LogP) is -2.67.